The minimum absolute atomic E-state index is 0.457. The Bertz CT molecular complexity index is 1130. The van der Waals surface area contributed by atoms with Crippen LogP contribution in [0.2, 0.25) is 0 Å². The monoisotopic (exact) mass is 449 g/mol. The molecule has 168 valence electrons. The van der Waals surface area contributed by atoms with Gasteiger partial charge >= 0.3 is 0 Å². The maximum atomic E-state index is 4.88. The minimum atomic E-state index is 0.457. The van der Waals surface area contributed by atoms with Gasteiger partial charge in [-0.2, -0.15) is 14.3 Å². The van der Waals surface area contributed by atoms with Gasteiger partial charge in [0.15, 0.2) is 0 Å². The van der Waals surface area contributed by atoms with Gasteiger partial charge in [0.1, 0.15) is 16.5 Å². The second kappa shape index (κ2) is 10.6. The molecule has 7 nitrogen and oxygen atoms in total. The van der Waals surface area contributed by atoms with Gasteiger partial charge in [0, 0.05) is 17.8 Å². The van der Waals surface area contributed by atoms with Crippen LogP contribution in [-0.4, -0.2) is 31.9 Å². The molecule has 0 atom stereocenters. The van der Waals surface area contributed by atoms with E-state index < -0.39 is 0 Å². The first-order valence-electron chi connectivity index (χ1n) is 11.3. The molecular weight excluding hydrogens is 418 g/mol. The van der Waals surface area contributed by atoms with Crippen molar-refractivity contribution in [1.82, 2.24) is 19.3 Å². The lowest BCUT2D eigenvalue weighted by Crippen LogP contribution is -2.23. The first-order valence-corrected chi connectivity index (χ1v) is 12.1. The lowest BCUT2D eigenvalue weighted by Gasteiger charge is -2.24. The Balaban J connectivity index is 0.000000775. The van der Waals surface area contributed by atoms with E-state index in [9.17, 15) is 0 Å². The van der Waals surface area contributed by atoms with Crippen LogP contribution < -0.4 is 16.4 Å². The third-order valence-electron chi connectivity index (χ3n) is 5.43. The van der Waals surface area contributed by atoms with Gasteiger partial charge in [-0.15, -0.1) is 0 Å². The molecule has 1 aliphatic carbocycles. The van der Waals surface area contributed by atoms with E-state index in [4.69, 9.17) is 15.7 Å². The van der Waals surface area contributed by atoms with Crippen LogP contribution in [0.5, 0.6) is 0 Å². The van der Waals surface area contributed by atoms with E-state index in [1.165, 1.54) is 43.6 Å². The van der Waals surface area contributed by atoms with Crippen molar-refractivity contribution < 1.29 is 0 Å². The first-order chi connectivity index (χ1) is 15.7. The summed E-state index contributed by atoms with van der Waals surface area (Å²) in [4.78, 5) is 13.0. The number of nitrogens with zero attached hydrogens (tertiary/aromatic N) is 3. The maximum absolute atomic E-state index is 4.88. The van der Waals surface area contributed by atoms with Crippen molar-refractivity contribution in [1.29, 1.82) is 0 Å². The zero-order valence-electron chi connectivity index (χ0n) is 18.7. The molecular formula is C24H31N7S. The standard InChI is InChI=1S/C22H24N6S.C2H7N/c1-14-12-18(29-28-14)25-22-26-20-19(17(13-23-20)15-8-4-2-5-9-15)21(27-22)24-16-10-6-3-7-11-16;1-2-3/h2,4-5,8-9,12-13,16H,3,6-7,10-11H2,1H3,(H3,23,24,25,26,27);2-3H2,1H3. The van der Waals surface area contributed by atoms with Crippen molar-refractivity contribution in [3.05, 3.63) is 48.3 Å². The molecule has 0 radical (unpaired) electrons. The smallest absolute Gasteiger partial charge is 0.231 e. The summed E-state index contributed by atoms with van der Waals surface area (Å²) in [6, 6.07) is 12.9. The van der Waals surface area contributed by atoms with Crippen LogP contribution in [0.3, 0.4) is 0 Å². The van der Waals surface area contributed by atoms with Gasteiger partial charge in [0.05, 0.1) is 11.1 Å². The number of anilines is 3. The van der Waals surface area contributed by atoms with Crippen LogP contribution >= 0.6 is 11.5 Å². The van der Waals surface area contributed by atoms with E-state index in [1.807, 2.05) is 32.2 Å². The number of aromatic amines is 1. The van der Waals surface area contributed by atoms with Gasteiger partial charge in [-0.1, -0.05) is 56.5 Å². The van der Waals surface area contributed by atoms with E-state index in [-0.39, 0.29) is 0 Å². The Morgan fingerprint density at radius 2 is 1.88 bits per heavy atom. The summed E-state index contributed by atoms with van der Waals surface area (Å²) in [7, 11) is 0. The van der Waals surface area contributed by atoms with Crippen molar-refractivity contribution in [3.8, 4) is 11.1 Å². The van der Waals surface area contributed by atoms with Gasteiger partial charge in [-0.25, -0.2) is 0 Å². The van der Waals surface area contributed by atoms with Gasteiger partial charge in [0.25, 0.3) is 0 Å². The molecule has 0 unspecified atom stereocenters. The summed E-state index contributed by atoms with van der Waals surface area (Å²) in [6.45, 7) is 4.64. The largest absolute Gasteiger partial charge is 0.367 e. The fraction of sp³-hybridized carbons (Fsp3) is 0.375. The third-order valence-corrected chi connectivity index (χ3v) is 6.22. The van der Waals surface area contributed by atoms with E-state index in [0.717, 1.165) is 45.2 Å². The number of fused-ring (bicyclic) bond motifs is 1. The second-order valence-electron chi connectivity index (χ2n) is 8.03. The molecule has 4 aromatic rings. The number of aryl methyl sites for hydroxylation is 1. The summed E-state index contributed by atoms with van der Waals surface area (Å²) in [5.74, 6) is 1.48. The fourth-order valence-electron chi connectivity index (χ4n) is 4.01. The molecule has 1 aromatic carbocycles. The molecule has 3 heterocycles. The number of rotatable bonds is 5. The highest BCUT2D eigenvalue weighted by molar-refractivity contribution is 7.10. The molecule has 1 saturated carbocycles. The number of H-pyrrole nitrogens is 1. The highest BCUT2D eigenvalue weighted by atomic mass is 32.1. The molecule has 1 aliphatic rings. The lowest BCUT2D eigenvalue weighted by atomic mass is 9.95. The number of hydrogen-bond donors (Lipinski definition) is 4. The number of nitrogens with one attached hydrogen (secondary N) is 3. The molecule has 3 aromatic heterocycles. The third kappa shape index (κ3) is 5.26. The van der Waals surface area contributed by atoms with Crippen LogP contribution in [0.15, 0.2) is 42.6 Å². The summed E-state index contributed by atoms with van der Waals surface area (Å²) < 4.78 is 4.34. The average molecular weight is 450 g/mol. The van der Waals surface area contributed by atoms with Crippen molar-refractivity contribution in [3.63, 3.8) is 0 Å². The van der Waals surface area contributed by atoms with Crippen LogP contribution in [0.4, 0.5) is 16.8 Å². The van der Waals surface area contributed by atoms with Crippen LogP contribution in [0.25, 0.3) is 22.2 Å². The predicted octanol–water partition coefficient (Wildman–Crippen LogP) is 5.84. The normalized spacial score (nSPS) is 14.1. The van der Waals surface area contributed by atoms with Crippen molar-refractivity contribution in [2.24, 2.45) is 5.73 Å². The van der Waals surface area contributed by atoms with E-state index >= 15 is 0 Å². The quantitative estimate of drug-likeness (QED) is 0.305. The van der Waals surface area contributed by atoms with Gasteiger partial charge in [-0.3, -0.25) is 0 Å². The SMILES string of the molecule is CCN.Cc1cc(Nc2nc(NC3CCCCC3)c3c(-c4ccccc4)c[nH]c3n2)sn1. The van der Waals surface area contributed by atoms with Gasteiger partial charge < -0.3 is 21.4 Å². The van der Waals surface area contributed by atoms with Crippen molar-refractivity contribution in [2.75, 3.05) is 17.2 Å². The zero-order valence-corrected chi connectivity index (χ0v) is 19.5. The maximum Gasteiger partial charge on any atom is 0.231 e. The van der Waals surface area contributed by atoms with E-state index in [1.54, 1.807) is 0 Å². The topological polar surface area (TPSA) is 105 Å². The zero-order chi connectivity index (χ0) is 22.3. The van der Waals surface area contributed by atoms with Gasteiger partial charge in [0.2, 0.25) is 5.95 Å². The highest BCUT2D eigenvalue weighted by Gasteiger charge is 2.19. The van der Waals surface area contributed by atoms with Crippen LogP contribution in [-0.2, 0) is 0 Å². The Kier molecular flexibility index (Phi) is 7.34. The molecule has 0 aliphatic heterocycles. The Morgan fingerprint density at radius 1 is 1.12 bits per heavy atom. The van der Waals surface area contributed by atoms with Gasteiger partial charge in [-0.05, 0) is 49.5 Å². The molecule has 5 N–H and O–H groups in total. The Labute approximate surface area is 193 Å². The number of hydrogen-bond acceptors (Lipinski definition) is 7. The number of nitrogens with two attached hydrogens (primary N) is 1. The number of benzene rings is 1. The number of aromatic nitrogens is 4. The molecule has 5 rings (SSSR count). The second-order valence-corrected chi connectivity index (χ2v) is 8.84. The molecule has 0 bridgehead atoms. The van der Waals surface area contributed by atoms with E-state index in [0.29, 0.717) is 12.0 Å². The molecule has 0 spiro atoms. The van der Waals surface area contributed by atoms with Crippen LogP contribution in [0.1, 0.15) is 44.7 Å². The van der Waals surface area contributed by atoms with Crippen molar-refractivity contribution in [2.45, 2.75) is 52.0 Å². The Hall–Kier alpha value is -2.97. The van der Waals surface area contributed by atoms with Crippen molar-refractivity contribution >= 4 is 39.3 Å². The molecule has 0 saturated heterocycles. The molecule has 1 fully saturated rings. The Morgan fingerprint density at radius 3 is 2.56 bits per heavy atom. The first kappa shape index (κ1) is 22.2. The molecule has 8 heteroatoms. The lowest BCUT2D eigenvalue weighted by molar-refractivity contribution is 0.462. The molecule has 32 heavy (non-hydrogen) atoms. The average Bonchev–Trinajstić information content (AvgIpc) is 3.42. The summed E-state index contributed by atoms with van der Waals surface area (Å²) in [5.41, 5.74) is 8.96. The minimum Gasteiger partial charge on any atom is -0.367 e. The summed E-state index contributed by atoms with van der Waals surface area (Å²) in [5, 5.41) is 9.04. The summed E-state index contributed by atoms with van der Waals surface area (Å²) >= 11 is 1.42. The predicted molar refractivity (Wildman–Crippen MR) is 135 cm³/mol. The highest BCUT2D eigenvalue weighted by Crippen LogP contribution is 2.35. The van der Waals surface area contributed by atoms with E-state index in [2.05, 4.69) is 44.3 Å². The summed E-state index contributed by atoms with van der Waals surface area (Å²) in [6.07, 6.45) is 8.28. The van der Waals surface area contributed by atoms with Crippen LogP contribution in [0, 0.1) is 6.92 Å². The molecule has 0 amide bonds. The fourth-order valence-corrected chi connectivity index (χ4v) is 4.67.